The molecule has 0 aromatic heterocycles. The average molecular weight is 600 g/mol. The van der Waals surface area contributed by atoms with E-state index in [0.717, 1.165) is 21.0 Å². The first-order chi connectivity index (χ1) is 19.1. The van der Waals surface area contributed by atoms with Gasteiger partial charge in [-0.3, -0.25) is 13.9 Å². The molecule has 41 heavy (non-hydrogen) atoms. The van der Waals surface area contributed by atoms with Crippen LogP contribution in [0, 0.1) is 13.8 Å². The highest BCUT2D eigenvalue weighted by Gasteiger charge is 2.33. The molecular formula is C31H38ClN3O5S. The van der Waals surface area contributed by atoms with Gasteiger partial charge in [-0.25, -0.2) is 8.42 Å². The van der Waals surface area contributed by atoms with Crippen molar-refractivity contribution in [3.8, 4) is 5.75 Å². The lowest BCUT2D eigenvalue weighted by Gasteiger charge is -2.33. The first-order valence-corrected chi connectivity index (χ1v) is 15.0. The van der Waals surface area contributed by atoms with Gasteiger partial charge in [0.25, 0.3) is 10.0 Å². The fraction of sp³-hybridized carbons (Fsp3) is 0.355. The van der Waals surface area contributed by atoms with Crippen LogP contribution in [0.3, 0.4) is 0 Å². The van der Waals surface area contributed by atoms with Crippen molar-refractivity contribution in [1.29, 1.82) is 0 Å². The second-order valence-corrected chi connectivity index (χ2v) is 13.3. The van der Waals surface area contributed by atoms with Crippen molar-refractivity contribution >= 4 is 39.1 Å². The predicted molar refractivity (Wildman–Crippen MR) is 163 cm³/mol. The number of ether oxygens (including phenoxy) is 1. The summed E-state index contributed by atoms with van der Waals surface area (Å²) in [4.78, 5) is 28.7. The number of aryl methyl sites for hydroxylation is 2. The molecule has 0 bridgehead atoms. The van der Waals surface area contributed by atoms with Crippen LogP contribution in [0.15, 0.2) is 71.6 Å². The van der Waals surface area contributed by atoms with Crippen molar-refractivity contribution in [2.45, 2.75) is 64.6 Å². The van der Waals surface area contributed by atoms with E-state index >= 15 is 0 Å². The van der Waals surface area contributed by atoms with Gasteiger partial charge in [0.2, 0.25) is 11.8 Å². The van der Waals surface area contributed by atoms with Crippen LogP contribution in [0.4, 0.5) is 5.69 Å². The summed E-state index contributed by atoms with van der Waals surface area (Å²) in [5.41, 5.74) is 2.13. The molecule has 1 unspecified atom stereocenters. The SMILES string of the molecule is COc1ccc(CN(C(=O)CN(c2ccc(C)c(Cl)c2)S(=O)(=O)c2ccc(C)cc2)C(C)C(=O)NC(C)(C)C)cc1. The number of nitrogens with zero attached hydrogens (tertiary/aromatic N) is 2. The molecule has 0 aliphatic heterocycles. The molecule has 0 heterocycles. The van der Waals surface area contributed by atoms with E-state index in [1.807, 2.05) is 34.6 Å². The number of benzene rings is 3. The van der Waals surface area contributed by atoms with Crippen LogP contribution in [0.25, 0.3) is 0 Å². The number of sulfonamides is 1. The molecule has 0 radical (unpaired) electrons. The van der Waals surface area contributed by atoms with Gasteiger partial charge in [-0.1, -0.05) is 47.5 Å². The van der Waals surface area contributed by atoms with Gasteiger partial charge in [0.05, 0.1) is 17.7 Å². The number of amides is 2. The minimum atomic E-state index is -4.18. The summed E-state index contributed by atoms with van der Waals surface area (Å²) in [5.74, 6) is -0.257. The third-order valence-corrected chi connectivity index (χ3v) is 8.70. The topological polar surface area (TPSA) is 96.0 Å². The van der Waals surface area contributed by atoms with Gasteiger partial charge in [-0.05, 0) is 89.1 Å². The van der Waals surface area contributed by atoms with Crippen molar-refractivity contribution in [2.75, 3.05) is 18.0 Å². The van der Waals surface area contributed by atoms with Crippen LogP contribution in [-0.4, -0.2) is 50.4 Å². The highest BCUT2D eigenvalue weighted by Crippen LogP contribution is 2.29. The molecule has 1 atom stereocenters. The van der Waals surface area contributed by atoms with Gasteiger partial charge in [0.15, 0.2) is 0 Å². The number of nitrogens with one attached hydrogen (secondary N) is 1. The summed E-state index contributed by atoms with van der Waals surface area (Å²) in [5, 5.41) is 3.28. The molecule has 0 spiro atoms. The number of methoxy groups -OCH3 is 1. The highest BCUT2D eigenvalue weighted by atomic mass is 35.5. The average Bonchev–Trinajstić information content (AvgIpc) is 2.91. The Labute approximate surface area is 248 Å². The van der Waals surface area contributed by atoms with E-state index in [1.54, 1.807) is 62.6 Å². The van der Waals surface area contributed by atoms with E-state index in [9.17, 15) is 18.0 Å². The van der Waals surface area contributed by atoms with Gasteiger partial charge in [0.1, 0.15) is 18.3 Å². The molecule has 0 aliphatic carbocycles. The molecule has 3 aromatic rings. The number of carbonyl (C=O) groups excluding carboxylic acids is 2. The lowest BCUT2D eigenvalue weighted by molar-refractivity contribution is -0.140. The molecule has 2 amide bonds. The number of rotatable bonds is 10. The van der Waals surface area contributed by atoms with Gasteiger partial charge in [-0.2, -0.15) is 0 Å². The lowest BCUT2D eigenvalue weighted by Crippen LogP contribution is -2.54. The summed E-state index contributed by atoms with van der Waals surface area (Å²) in [6, 6.07) is 17.5. The van der Waals surface area contributed by atoms with E-state index in [-0.39, 0.29) is 23.0 Å². The van der Waals surface area contributed by atoms with Crippen molar-refractivity contribution in [3.05, 3.63) is 88.4 Å². The molecule has 0 aliphatic rings. The molecule has 1 N–H and O–H groups in total. The van der Waals surface area contributed by atoms with Crippen LogP contribution >= 0.6 is 11.6 Å². The third kappa shape index (κ3) is 8.24. The van der Waals surface area contributed by atoms with Gasteiger partial charge < -0.3 is 15.0 Å². The fourth-order valence-electron chi connectivity index (χ4n) is 4.09. The van der Waals surface area contributed by atoms with Gasteiger partial charge >= 0.3 is 0 Å². The number of halogens is 1. The van der Waals surface area contributed by atoms with E-state index < -0.39 is 34.1 Å². The summed E-state index contributed by atoms with van der Waals surface area (Å²) in [6.45, 7) is 10.4. The van der Waals surface area contributed by atoms with E-state index in [0.29, 0.717) is 10.8 Å². The zero-order chi connectivity index (χ0) is 30.5. The molecule has 0 fully saturated rings. The Morgan fingerprint density at radius 2 is 1.59 bits per heavy atom. The smallest absolute Gasteiger partial charge is 0.264 e. The van der Waals surface area contributed by atoms with Crippen LogP contribution in [-0.2, 0) is 26.2 Å². The normalized spacial score (nSPS) is 12.4. The minimum Gasteiger partial charge on any atom is -0.497 e. The van der Waals surface area contributed by atoms with Crippen molar-refractivity contribution < 1.29 is 22.7 Å². The molecule has 10 heteroatoms. The summed E-state index contributed by atoms with van der Waals surface area (Å²) in [7, 11) is -2.62. The molecular weight excluding hydrogens is 562 g/mol. The van der Waals surface area contributed by atoms with E-state index in [4.69, 9.17) is 16.3 Å². The fourth-order valence-corrected chi connectivity index (χ4v) is 5.67. The standard InChI is InChI=1S/C31H38ClN3O5S/c1-21-8-16-27(17-9-21)41(38,39)35(25-13-10-22(2)28(32)18-25)20-29(36)34(23(3)30(37)33-31(4,5)6)19-24-11-14-26(40-7)15-12-24/h8-18,23H,19-20H2,1-7H3,(H,33,37). The van der Waals surface area contributed by atoms with Crippen molar-refractivity contribution in [2.24, 2.45) is 0 Å². The Morgan fingerprint density at radius 1 is 0.976 bits per heavy atom. The predicted octanol–water partition coefficient (Wildman–Crippen LogP) is 5.49. The second-order valence-electron chi connectivity index (χ2n) is 11.0. The monoisotopic (exact) mass is 599 g/mol. The van der Waals surface area contributed by atoms with Crippen molar-refractivity contribution in [1.82, 2.24) is 10.2 Å². The molecule has 220 valence electrons. The third-order valence-electron chi connectivity index (χ3n) is 6.51. The van der Waals surface area contributed by atoms with E-state index in [1.165, 1.54) is 23.1 Å². The number of hydrogen-bond acceptors (Lipinski definition) is 5. The quantitative estimate of drug-likeness (QED) is 0.332. The second kappa shape index (κ2) is 13.0. The molecule has 3 rings (SSSR count). The van der Waals surface area contributed by atoms with Crippen LogP contribution in [0.1, 0.15) is 44.4 Å². The largest absolute Gasteiger partial charge is 0.497 e. The first-order valence-electron chi connectivity index (χ1n) is 13.2. The Kier molecular flexibility index (Phi) is 10.1. The van der Waals surface area contributed by atoms with Crippen LogP contribution in [0.2, 0.25) is 5.02 Å². The maximum absolute atomic E-state index is 14.0. The Morgan fingerprint density at radius 3 is 2.12 bits per heavy atom. The zero-order valence-corrected chi connectivity index (χ0v) is 26.1. The zero-order valence-electron chi connectivity index (χ0n) is 24.6. The molecule has 0 saturated carbocycles. The van der Waals surface area contributed by atoms with Gasteiger partial charge in [0, 0.05) is 17.1 Å². The number of anilines is 1. The van der Waals surface area contributed by atoms with Gasteiger partial charge in [-0.15, -0.1) is 0 Å². The first kappa shape index (κ1) is 32.0. The maximum Gasteiger partial charge on any atom is 0.264 e. The minimum absolute atomic E-state index is 0.0350. The molecule has 8 nitrogen and oxygen atoms in total. The lowest BCUT2D eigenvalue weighted by atomic mass is 10.1. The summed E-state index contributed by atoms with van der Waals surface area (Å²) in [6.07, 6.45) is 0. The summed E-state index contributed by atoms with van der Waals surface area (Å²) < 4.78 is 34.2. The maximum atomic E-state index is 14.0. The molecule has 3 aromatic carbocycles. The van der Waals surface area contributed by atoms with E-state index in [2.05, 4.69) is 5.32 Å². The summed E-state index contributed by atoms with van der Waals surface area (Å²) >= 11 is 6.38. The van der Waals surface area contributed by atoms with Crippen molar-refractivity contribution in [3.63, 3.8) is 0 Å². The number of carbonyl (C=O) groups is 2. The Bertz CT molecular complexity index is 1480. The van der Waals surface area contributed by atoms with Crippen LogP contribution < -0.4 is 14.4 Å². The highest BCUT2D eigenvalue weighted by molar-refractivity contribution is 7.92. The Balaban J connectivity index is 2.06. The molecule has 0 saturated heterocycles. The Hall–Kier alpha value is -3.56. The van der Waals surface area contributed by atoms with Crippen LogP contribution in [0.5, 0.6) is 5.75 Å². The number of hydrogen-bond donors (Lipinski definition) is 1.